The summed E-state index contributed by atoms with van der Waals surface area (Å²) in [5, 5.41) is 4.00. The van der Waals surface area contributed by atoms with Crippen LogP contribution in [0.1, 0.15) is 28.9 Å². The molecule has 2 aromatic heterocycles. The van der Waals surface area contributed by atoms with Crippen LogP contribution in [0.4, 0.5) is 0 Å². The summed E-state index contributed by atoms with van der Waals surface area (Å²) in [5.41, 5.74) is 0.822. The molecule has 0 atom stereocenters. The van der Waals surface area contributed by atoms with Gasteiger partial charge in [-0.25, -0.2) is 4.98 Å². The molecule has 1 amide bonds. The minimum atomic E-state index is 0.108. The molecular formula is C17H22N4OS. The van der Waals surface area contributed by atoms with Gasteiger partial charge in [-0.2, -0.15) is 0 Å². The van der Waals surface area contributed by atoms with Crippen molar-refractivity contribution in [3.63, 3.8) is 0 Å². The van der Waals surface area contributed by atoms with Gasteiger partial charge in [-0.3, -0.25) is 9.78 Å². The van der Waals surface area contributed by atoms with Crippen LogP contribution in [-0.4, -0.2) is 47.5 Å². The van der Waals surface area contributed by atoms with Crippen molar-refractivity contribution in [1.82, 2.24) is 20.2 Å². The molecule has 3 rings (SSSR count). The number of aromatic nitrogens is 2. The molecule has 23 heavy (non-hydrogen) atoms. The Hall–Kier alpha value is -1.79. The zero-order valence-electron chi connectivity index (χ0n) is 13.4. The minimum Gasteiger partial charge on any atom is -0.338 e. The number of carbonyl (C=O) groups excluding carboxylic acids is 1. The van der Waals surface area contributed by atoms with E-state index in [9.17, 15) is 4.79 Å². The smallest absolute Gasteiger partial charge is 0.265 e. The molecule has 1 N–H and O–H groups in total. The van der Waals surface area contributed by atoms with Crippen molar-refractivity contribution in [3.05, 3.63) is 35.5 Å². The molecule has 3 heterocycles. The van der Waals surface area contributed by atoms with Crippen molar-refractivity contribution in [2.45, 2.75) is 19.3 Å². The molecule has 0 unspecified atom stereocenters. The zero-order chi connectivity index (χ0) is 16.1. The van der Waals surface area contributed by atoms with Crippen molar-refractivity contribution < 1.29 is 4.79 Å². The van der Waals surface area contributed by atoms with E-state index in [2.05, 4.69) is 15.3 Å². The standard InChI is InChI=1S/C17H22N4OS/c1-18-9-5-13-6-10-21(11-7-13)17(22)15-12-20-16(23-15)14-4-2-3-8-19-14/h2-4,8,12-13,18H,5-7,9-11H2,1H3. The van der Waals surface area contributed by atoms with E-state index in [4.69, 9.17) is 0 Å². The fourth-order valence-electron chi connectivity index (χ4n) is 2.91. The highest BCUT2D eigenvalue weighted by atomic mass is 32.1. The van der Waals surface area contributed by atoms with Crippen LogP contribution in [0.3, 0.4) is 0 Å². The van der Waals surface area contributed by atoms with Crippen LogP contribution >= 0.6 is 11.3 Å². The quantitative estimate of drug-likeness (QED) is 0.916. The Morgan fingerprint density at radius 3 is 2.87 bits per heavy atom. The lowest BCUT2D eigenvalue weighted by Gasteiger charge is -2.31. The van der Waals surface area contributed by atoms with Crippen LogP contribution in [-0.2, 0) is 0 Å². The number of nitrogens with one attached hydrogen (secondary N) is 1. The molecule has 0 spiro atoms. The third-order valence-corrected chi connectivity index (χ3v) is 5.31. The highest BCUT2D eigenvalue weighted by Crippen LogP contribution is 2.26. The van der Waals surface area contributed by atoms with Gasteiger partial charge in [0.25, 0.3) is 5.91 Å². The molecule has 1 saturated heterocycles. The largest absolute Gasteiger partial charge is 0.338 e. The number of piperidine rings is 1. The maximum atomic E-state index is 12.6. The van der Waals surface area contributed by atoms with Crippen LogP contribution in [0, 0.1) is 5.92 Å². The Morgan fingerprint density at radius 1 is 1.35 bits per heavy atom. The van der Waals surface area contributed by atoms with Gasteiger partial charge < -0.3 is 10.2 Å². The van der Waals surface area contributed by atoms with Crippen LogP contribution in [0.2, 0.25) is 0 Å². The molecule has 2 aromatic rings. The van der Waals surface area contributed by atoms with E-state index in [1.165, 1.54) is 17.8 Å². The van der Waals surface area contributed by atoms with Crippen LogP contribution < -0.4 is 5.32 Å². The summed E-state index contributed by atoms with van der Waals surface area (Å²) in [6.45, 7) is 2.76. The second-order valence-electron chi connectivity index (χ2n) is 5.87. The Kier molecular flexibility index (Phi) is 5.35. The summed E-state index contributed by atoms with van der Waals surface area (Å²) in [7, 11) is 1.99. The summed E-state index contributed by atoms with van der Waals surface area (Å²) < 4.78 is 0. The van der Waals surface area contributed by atoms with Gasteiger partial charge in [0.05, 0.1) is 11.9 Å². The summed E-state index contributed by atoms with van der Waals surface area (Å²) in [4.78, 5) is 23.9. The SMILES string of the molecule is CNCCC1CCN(C(=O)c2cnc(-c3ccccn3)s2)CC1. The number of carbonyl (C=O) groups is 1. The minimum absolute atomic E-state index is 0.108. The first kappa shape index (κ1) is 16.1. The molecule has 0 bridgehead atoms. The van der Waals surface area contributed by atoms with Crippen LogP contribution in [0.15, 0.2) is 30.6 Å². The van der Waals surface area contributed by atoms with Crippen molar-refractivity contribution in [2.24, 2.45) is 5.92 Å². The van der Waals surface area contributed by atoms with E-state index in [1.807, 2.05) is 30.1 Å². The van der Waals surface area contributed by atoms with Crippen LogP contribution in [0.5, 0.6) is 0 Å². The van der Waals surface area contributed by atoms with Gasteiger partial charge in [0.2, 0.25) is 0 Å². The van der Waals surface area contributed by atoms with Gasteiger partial charge in [-0.05, 0) is 50.9 Å². The number of thiazole rings is 1. The second-order valence-corrected chi connectivity index (χ2v) is 6.90. The lowest BCUT2D eigenvalue weighted by molar-refractivity contribution is 0.0692. The number of likely N-dealkylation sites (tertiary alicyclic amines) is 1. The van der Waals surface area contributed by atoms with Gasteiger partial charge in [-0.15, -0.1) is 11.3 Å². The molecule has 6 heteroatoms. The molecule has 5 nitrogen and oxygen atoms in total. The number of nitrogens with zero attached hydrogens (tertiary/aromatic N) is 3. The summed E-state index contributed by atoms with van der Waals surface area (Å²) in [5.74, 6) is 0.841. The third-order valence-electron chi connectivity index (χ3n) is 4.30. The maximum absolute atomic E-state index is 12.6. The van der Waals surface area contributed by atoms with Gasteiger partial charge in [0, 0.05) is 19.3 Å². The topological polar surface area (TPSA) is 58.1 Å². The second kappa shape index (κ2) is 7.66. The summed E-state index contributed by atoms with van der Waals surface area (Å²) >= 11 is 1.43. The first-order valence-corrected chi connectivity index (χ1v) is 8.90. The molecule has 1 aliphatic heterocycles. The lowest BCUT2D eigenvalue weighted by atomic mass is 9.93. The number of hydrogen-bond donors (Lipinski definition) is 1. The van der Waals surface area contributed by atoms with Gasteiger partial charge >= 0.3 is 0 Å². The van der Waals surface area contributed by atoms with Gasteiger partial charge in [0.15, 0.2) is 0 Å². The molecule has 1 fully saturated rings. The molecule has 1 aliphatic rings. The van der Waals surface area contributed by atoms with Crippen molar-refractivity contribution in [1.29, 1.82) is 0 Å². The highest BCUT2D eigenvalue weighted by molar-refractivity contribution is 7.16. The average Bonchev–Trinajstić information content (AvgIpc) is 3.11. The molecule has 0 saturated carbocycles. The van der Waals surface area contributed by atoms with Crippen LogP contribution in [0.25, 0.3) is 10.7 Å². The first-order valence-electron chi connectivity index (χ1n) is 8.09. The van der Waals surface area contributed by atoms with E-state index < -0.39 is 0 Å². The van der Waals surface area contributed by atoms with Crippen molar-refractivity contribution >= 4 is 17.2 Å². The number of rotatable bonds is 5. The van der Waals surface area contributed by atoms with Gasteiger partial charge in [-0.1, -0.05) is 6.07 Å². The Balaban J connectivity index is 1.60. The molecule has 0 aliphatic carbocycles. The highest BCUT2D eigenvalue weighted by Gasteiger charge is 2.24. The maximum Gasteiger partial charge on any atom is 0.265 e. The number of pyridine rings is 1. The Morgan fingerprint density at radius 2 is 2.17 bits per heavy atom. The predicted octanol–water partition coefficient (Wildman–Crippen LogP) is 2.67. The molecule has 0 aromatic carbocycles. The molecule has 0 radical (unpaired) electrons. The van der Waals surface area contributed by atoms with E-state index >= 15 is 0 Å². The molecular weight excluding hydrogens is 308 g/mol. The average molecular weight is 330 g/mol. The Labute approximate surface area is 140 Å². The monoisotopic (exact) mass is 330 g/mol. The fourth-order valence-corrected chi connectivity index (χ4v) is 3.77. The predicted molar refractivity (Wildman–Crippen MR) is 92.5 cm³/mol. The number of hydrogen-bond acceptors (Lipinski definition) is 5. The number of amides is 1. The van der Waals surface area contributed by atoms with Gasteiger partial charge in [0.1, 0.15) is 9.88 Å². The first-order chi connectivity index (χ1) is 11.3. The van der Waals surface area contributed by atoms with Crippen molar-refractivity contribution in [2.75, 3.05) is 26.7 Å². The summed E-state index contributed by atoms with van der Waals surface area (Å²) in [6, 6.07) is 5.73. The van der Waals surface area contributed by atoms with E-state index in [1.54, 1.807) is 12.4 Å². The van der Waals surface area contributed by atoms with E-state index in [0.717, 1.165) is 49.1 Å². The normalized spacial score (nSPS) is 15.8. The lowest BCUT2D eigenvalue weighted by Crippen LogP contribution is -2.38. The fraction of sp³-hybridized carbons (Fsp3) is 0.471. The Bertz CT molecular complexity index is 635. The summed E-state index contributed by atoms with van der Waals surface area (Å²) in [6.07, 6.45) is 6.82. The van der Waals surface area contributed by atoms with Crippen molar-refractivity contribution in [3.8, 4) is 10.7 Å². The van der Waals surface area contributed by atoms with E-state index in [-0.39, 0.29) is 5.91 Å². The van der Waals surface area contributed by atoms with E-state index in [0.29, 0.717) is 4.88 Å². The zero-order valence-corrected chi connectivity index (χ0v) is 14.2. The molecule has 122 valence electrons. The third kappa shape index (κ3) is 3.95.